The van der Waals surface area contributed by atoms with E-state index in [9.17, 15) is 14.4 Å². The first-order valence-electron chi connectivity index (χ1n) is 10.6. The molecule has 0 fully saturated rings. The van der Waals surface area contributed by atoms with E-state index >= 15 is 0 Å². The number of aromatic nitrogens is 6. The van der Waals surface area contributed by atoms with Crippen molar-refractivity contribution in [1.82, 2.24) is 35.1 Å². The fourth-order valence-electron chi connectivity index (χ4n) is 3.20. The number of amides is 1. The van der Waals surface area contributed by atoms with E-state index in [0.29, 0.717) is 11.4 Å². The molecule has 2 N–H and O–H groups in total. The number of Topliss-reactive ketones (excluding diaryl/α,β-unsaturated/α-hetero) is 1. The van der Waals surface area contributed by atoms with Gasteiger partial charge in [0.2, 0.25) is 5.82 Å². The first kappa shape index (κ1) is 23.3. The number of aliphatic carboxylic acids is 1. The highest BCUT2D eigenvalue weighted by Gasteiger charge is 2.25. The van der Waals surface area contributed by atoms with E-state index in [0.717, 1.165) is 16.0 Å². The first-order valence-corrected chi connectivity index (χ1v) is 10.6. The number of imidazole rings is 1. The Morgan fingerprint density at radius 2 is 1.83 bits per heavy atom. The average Bonchev–Trinajstić information content (AvgIpc) is 3.56. The highest BCUT2D eigenvalue weighted by atomic mass is 16.5. The average molecular weight is 475 g/mol. The molecule has 0 saturated heterocycles. The Morgan fingerprint density at radius 3 is 2.51 bits per heavy atom. The summed E-state index contributed by atoms with van der Waals surface area (Å²) in [6.45, 7) is -0.398. The Bertz CT molecular complexity index is 1290. The Hall–Kier alpha value is -4.87. The van der Waals surface area contributed by atoms with Crippen molar-refractivity contribution >= 4 is 17.8 Å². The number of ether oxygens (including phenoxy) is 1. The molecule has 12 heteroatoms. The van der Waals surface area contributed by atoms with Crippen molar-refractivity contribution in [2.75, 3.05) is 0 Å². The molecule has 4 aromatic rings. The molecular weight excluding hydrogens is 454 g/mol. The van der Waals surface area contributed by atoms with Gasteiger partial charge < -0.3 is 19.7 Å². The number of carbonyl (C=O) groups excluding carboxylic acids is 2. The number of hydrogen-bond donors (Lipinski definition) is 2. The second-order valence-corrected chi connectivity index (χ2v) is 7.48. The molecule has 35 heavy (non-hydrogen) atoms. The first-order chi connectivity index (χ1) is 17.0. The van der Waals surface area contributed by atoms with Crippen LogP contribution in [-0.4, -0.2) is 58.8 Å². The lowest BCUT2D eigenvalue weighted by atomic mass is 10.1. The standard InChI is InChI=1S/C23H21N7O5/c31-20(19(12-21(32)33)25-23(34)35-14-16-4-2-1-3-5-16)13-30-27-22(26-28-30)17-6-8-18(9-7-17)29-11-10-24-15-29/h1-11,15,19H,12-14H2,(H,25,34)(H,32,33). The molecule has 1 unspecified atom stereocenters. The zero-order valence-electron chi connectivity index (χ0n) is 18.4. The molecule has 0 bridgehead atoms. The van der Waals surface area contributed by atoms with Crippen LogP contribution in [0.2, 0.25) is 0 Å². The van der Waals surface area contributed by atoms with Crippen molar-refractivity contribution in [2.45, 2.75) is 25.6 Å². The monoisotopic (exact) mass is 475 g/mol. The Labute approximate surface area is 199 Å². The largest absolute Gasteiger partial charge is 0.481 e. The van der Waals surface area contributed by atoms with Gasteiger partial charge in [0.15, 0.2) is 5.78 Å². The van der Waals surface area contributed by atoms with Crippen molar-refractivity contribution in [3.63, 3.8) is 0 Å². The number of carboxylic acid groups (broad SMARTS) is 1. The van der Waals surface area contributed by atoms with E-state index in [-0.39, 0.29) is 13.2 Å². The zero-order chi connectivity index (χ0) is 24.6. The smallest absolute Gasteiger partial charge is 0.408 e. The summed E-state index contributed by atoms with van der Waals surface area (Å²) >= 11 is 0. The molecule has 0 saturated carbocycles. The number of hydrogen-bond acceptors (Lipinski definition) is 8. The third-order valence-electron chi connectivity index (χ3n) is 4.95. The summed E-state index contributed by atoms with van der Waals surface area (Å²) in [5.41, 5.74) is 2.33. The van der Waals surface area contributed by atoms with E-state index in [1.54, 1.807) is 48.9 Å². The van der Waals surface area contributed by atoms with Gasteiger partial charge in [-0.25, -0.2) is 9.78 Å². The number of alkyl carbamates (subject to hydrolysis) is 1. The van der Waals surface area contributed by atoms with E-state index in [4.69, 9.17) is 9.84 Å². The van der Waals surface area contributed by atoms with Crippen LogP contribution in [0.1, 0.15) is 12.0 Å². The minimum atomic E-state index is -1.32. The summed E-state index contributed by atoms with van der Waals surface area (Å²) in [4.78, 5) is 41.1. The van der Waals surface area contributed by atoms with Crippen LogP contribution in [0, 0.1) is 0 Å². The van der Waals surface area contributed by atoms with Crippen molar-refractivity contribution in [3.8, 4) is 17.1 Å². The summed E-state index contributed by atoms with van der Waals surface area (Å²) in [6, 6.07) is 14.9. The minimum Gasteiger partial charge on any atom is -0.481 e. The molecule has 1 amide bonds. The number of ketones is 1. The van der Waals surface area contributed by atoms with Gasteiger partial charge >= 0.3 is 12.1 Å². The van der Waals surface area contributed by atoms with E-state index in [1.807, 2.05) is 29.0 Å². The normalized spacial score (nSPS) is 11.5. The molecule has 2 heterocycles. The summed E-state index contributed by atoms with van der Waals surface area (Å²) in [5.74, 6) is -1.57. The second-order valence-electron chi connectivity index (χ2n) is 7.48. The van der Waals surface area contributed by atoms with Crippen LogP contribution >= 0.6 is 0 Å². The highest BCUT2D eigenvalue weighted by molar-refractivity contribution is 5.90. The molecule has 0 aliphatic heterocycles. The fourth-order valence-corrected chi connectivity index (χ4v) is 3.20. The predicted molar refractivity (Wildman–Crippen MR) is 121 cm³/mol. The van der Waals surface area contributed by atoms with Crippen LogP contribution in [0.25, 0.3) is 17.1 Å². The van der Waals surface area contributed by atoms with Crippen LogP contribution in [0.15, 0.2) is 73.3 Å². The molecule has 2 aromatic carbocycles. The summed E-state index contributed by atoms with van der Waals surface area (Å²) in [6.07, 6.45) is 3.64. The number of carboxylic acids is 1. The number of carbonyl (C=O) groups is 3. The fraction of sp³-hybridized carbons (Fsp3) is 0.174. The molecule has 0 aliphatic rings. The molecule has 1 atom stereocenters. The van der Waals surface area contributed by atoms with Crippen LogP contribution in [0.4, 0.5) is 4.79 Å². The van der Waals surface area contributed by atoms with Gasteiger partial charge in [0, 0.05) is 23.6 Å². The van der Waals surface area contributed by atoms with E-state index < -0.39 is 30.3 Å². The summed E-state index contributed by atoms with van der Waals surface area (Å²) in [7, 11) is 0. The molecule has 12 nitrogen and oxygen atoms in total. The van der Waals surface area contributed by atoms with E-state index in [2.05, 4.69) is 25.7 Å². The van der Waals surface area contributed by atoms with Gasteiger partial charge in [0.1, 0.15) is 19.2 Å². The lowest BCUT2D eigenvalue weighted by Crippen LogP contribution is -2.44. The van der Waals surface area contributed by atoms with Crippen LogP contribution in [0.3, 0.4) is 0 Å². The van der Waals surface area contributed by atoms with Gasteiger partial charge in [0.25, 0.3) is 0 Å². The van der Waals surface area contributed by atoms with Gasteiger partial charge in [0.05, 0.1) is 12.7 Å². The van der Waals surface area contributed by atoms with Crippen LogP contribution in [0.5, 0.6) is 0 Å². The number of benzene rings is 2. The minimum absolute atomic E-state index is 0.0196. The van der Waals surface area contributed by atoms with Crippen molar-refractivity contribution < 1.29 is 24.2 Å². The molecular formula is C23H21N7O5. The molecule has 2 aromatic heterocycles. The van der Waals surface area contributed by atoms with Crippen LogP contribution < -0.4 is 5.32 Å². The lowest BCUT2D eigenvalue weighted by molar-refractivity contribution is -0.139. The molecule has 0 aliphatic carbocycles. The number of rotatable bonds is 10. The number of tetrazole rings is 1. The molecule has 178 valence electrons. The quantitative estimate of drug-likeness (QED) is 0.350. The zero-order valence-corrected chi connectivity index (χ0v) is 18.4. The number of nitrogens with zero attached hydrogens (tertiary/aromatic N) is 6. The maximum absolute atomic E-state index is 12.7. The van der Waals surface area contributed by atoms with Gasteiger partial charge in [-0.05, 0) is 35.0 Å². The maximum Gasteiger partial charge on any atom is 0.408 e. The van der Waals surface area contributed by atoms with Gasteiger partial charge in [-0.3, -0.25) is 9.59 Å². The third-order valence-corrected chi connectivity index (χ3v) is 4.95. The summed E-state index contributed by atoms with van der Waals surface area (Å²) in [5, 5.41) is 23.5. The third kappa shape index (κ3) is 6.35. The van der Waals surface area contributed by atoms with Crippen molar-refractivity contribution in [2.24, 2.45) is 0 Å². The van der Waals surface area contributed by atoms with Crippen molar-refractivity contribution in [3.05, 3.63) is 78.9 Å². The topological polar surface area (TPSA) is 154 Å². The van der Waals surface area contributed by atoms with E-state index in [1.165, 1.54) is 0 Å². The molecule has 4 rings (SSSR count). The van der Waals surface area contributed by atoms with Crippen LogP contribution in [-0.2, 0) is 27.5 Å². The molecule has 0 spiro atoms. The Morgan fingerprint density at radius 1 is 1.06 bits per heavy atom. The maximum atomic E-state index is 12.7. The Kier molecular flexibility index (Phi) is 7.21. The predicted octanol–water partition coefficient (Wildman–Crippen LogP) is 1.86. The molecule has 0 radical (unpaired) electrons. The summed E-state index contributed by atoms with van der Waals surface area (Å²) < 4.78 is 6.93. The SMILES string of the molecule is O=C(O)CC(NC(=O)OCc1ccccc1)C(=O)Cn1nnc(-c2ccc(-n3ccnc3)cc2)n1. The van der Waals surface area contributed by atoms with Gasteiger partial charge in [-0.1, -0.05) is 30.3 Å². The highest BCUT2D eigenvalue weighted by Crippen LogP contribution is 2.16. The van der Waals surface area contributed by atoms with Gasteiger partial charge in [-0.15, -0.1) is 10.2 Å². The number of nitrogens with one attached hydrogen (secondary N) is 1. The van der Waals surface area contributed by atoms with Crippen molar-refractivity contribution in [1.29, 1.82) is 0 Å². The Balaban J connectivity index is 1.37. The van der Waals surface area contributed by atoms with Gasteiger partial charge in [-0.2, -0.15) is 4.80 Å². The second kappa shape index (κ2) is 10.8. The lowest BCUT2D eigenvalue weighted by Gasteiger charge is -2.15.